The summed E-state index contributed by atoms with van der Waals surface area (Å²) in [6.07, 6.45) is 0. The molecule has 0 spiro atoms. The van der Waals surface area contributed by atoms with Crippen LogP contribution in [-0.4, -0.2) is 19.2 Å². The van der Waals surface area contributed by atoms with Gasteiger partial charge in [-0.05, 0) is 42.5 Å². The van der Waals surface area contributed by atoms with E-state index in [2.05, 4.69) is 0 Å². The van der Waals surface area contributed by atoms with Gasteiger partial charge in [0.25, 0.3) is 0 Å². The molecule has 0 fully saturated rings. The van der Waals surface area contributed by atoms with Gasteiger partial charge in [0.15, 0.2) is 11.5 Å². The van der Waals surface area contributed by atoms with Gasteiger partial charge in [-0.1, -0.05) is 0 Å². The molecule has 0 radical (unpaired) electrons. The zero-order valence-corrected chi connectivity index (χ0v) is 11.0. The van der Waals surface area contributed by atoms with E-state index in [0.717, 1.165) is 0 Å². The molecule has 21 heavy (non-hydrogen) atoms. The van der Waals surface area contributed by atoms with Crippen LogP contribution in [0.4, 0.5) is 0 Å². The molecule has 3 rings (SSSR count). The maximum Gasteiger partial charge on any atom is 0.343 e. The van der Waals surface area contributed by atoms with Gasteiger partial charge in [-0.3, -0.25) is 0 Å². The van der Waals surface area contributed by atoms with Crippen LogP contribution in [0.25, 0.3) is 0 Å². The van der Waals surface area contributed by atoms with Gasteiger partial charge in [0.2, 0.25) is 0 Å². The lowest BCUT2D eigenvalue weighted by atomic mass is 10.2. The van der Waals surface area contributed by atoms with E-state index < -0.39 is 5.97 Å². The van der Waals surface area contributed by atoms with E-state index in [1.54, 1.807) is 42.5 Å². The first-order valence-electron chi connectivity index (χ1n) is 6.38. The first-order valence-corrected chi connectivity index (χ1v) is 6.38. The van der Waals surface area contributed by atoms with Gasteiger partial charge >= 0.3 is 5.97 Å². The van der Waals surface area contributed by atoms with Crippen molar-refractivity contribution in [3.8, 4) is 23.3 Å². The highest BCUT2D eigenvalue weighted by Gasteiger charge is 2.16. The van der Waals surface area contributed by atoms with Crippen molar-refractivity contribution in [1.29, 1.82) is 5.26 Å². The second kappa shape index (κ2) is 5.55. The number of rotatable bonds is 2. The van der Waals surface area contributed by atoms with Crippen molar-refractivity contribution in [2.24, 2.45) is 0 Å². The number of benzene rings is 2. The maximum atomic E-state index is 12.1. The summed E-state index contributed by atoms with van der Waals surface area (Å²) >= 11 is 0. The quantitative estimate of drug-likeness (QED) is 0.625. The molecule has 0 aromatic heterocycles. The van der Waals surface area contributed by atoms with Gasteiger partial charge in [0, 0.05) is 0 Å². The molecule has 0 bridgehead atoms. The molecule has 0 saturated carbocycles. The van der Waals surface area contributed by atoms with Crippen molar-refractivity contribution >= 4 is 5.97 Å². The summed E-state index contributed by atoms with van der Waals surface area (Å²) in [7, 11) is 0. The Morgan fingerprint density at radius 1 is 1.05 bits per heavy atom. The summed E-state index contributed by atoms with van der Waals surface area (Å²) in [5.41, 5.74) is 0.887. The van der Waals surface area contributed by atoms with Crippen LogP contribution in [0.3, 0.4) is 0 Å². The van der Waals surface area contributed by atoms with Crippen LogP contribution in [0.1, 0.15) is 15.9 Å². The Morgan fingerprint density at radius 2 is 1.76 bits per heavy atom. The standard InChI is InChI=1S/C16H11NO4/c17-10-11-1-4-13(5-2-11)21-16(18)12-3-6-14-15(9-12)20-8-7-19-14/h1-6,9H,7-8H2. The van der Waals surface area contributed by atoms with Crippen LogP contribution in [0.5, 0.6) is 17.2 Å². The number of fused-ring (bicyclic) bond motifs is 1. The van der Waals surface area contributed by atoms with Crippen molar-refractivity contribution in [2.75, 3.05) is 13.2 Å². The zero-order chi connectivity index (χ0) is 14.7. The smallest absolute Gasteiger partial charge is 0.343 e. The van der Waals surface area contributed by atoms with Crippen LogP contribution >= 0.6 is 0 Å². The Labute approximate surface area is 121 Å². The molecular formula is C16H11NO4. The number of hydrogen-bond acceptors (Lipinski definition) is 5. The summed E-state index contributed by atoms with van der Waals surface area (Å²) in [5, 5.41) is 8.72. The lowest BCUT2D eigenvalue weighted by Gasteiger charge is -2.18. The molecule has 5 heteroatoms. The summed E-state index contributed by atoms with van der Waals surface area (Å²) in [4.78, 5) is 12.1. The Hall–Kier alpha value is -3.00. The molecule has 0 saturated heterocycles. The number of hydrogen-bond donors (Lipinski definition) is 0. The first-order chi connectivity index (χ1) is 10.3. The zero-order valence-electron chi connectivity index (χ0n) is 11.0. The monoisotopic (exact) mass is 281 g/mol. The van der Waals surface area contributed by atoms with Crippen molar-refractivity contribution < 1.29 is 19.0 Å². The molecule has 5 nitrogen and oxygen atoms in total. The third-order valence-corrected chi connectivity index (χ3v) is 2.97. The summed E-state index contributed by atoms with van der Waals surface area (Å²) < 4.78 is 16.1. The molecule has 0 unspecified atom stereocenters. The van der Waals surface area contributed by atoms with Crippen molar-refractivity contribution in [3.05, 3.63) is 53.6 Å². The van der Waals surface area contributed by atoms with E-state index in [4.69, 9.17) is 19.5 Å². The minimum atomic E-state index is -0.489. The molecule has 1 aliphatic heterocycles. The Balaban J connectivity index is 1.77. The van der Waals surface area contributed by atoms with Gasteiger partial charge in [0.05, 0.1) is 17.2 Å². The van der Waals surface area contributed by atoms with E-state index in [-0.39, 0.29) is 0 Å². The van der Waals surface area contributed by atoms with Crippen LogP contribution in [0.2, 0.25) is 0 Å². The second-order valence-electron chi connectivity index (χ2n) is 4.38. The highest BCUT2D eigenvalue weighted by molar-refractivity contribution is 5.91. The first kappa shape index (κ1) is 13.0. The van der Waals surface area contributed by atoms with Gasteiger partial charge in [0.1, 0.15) is 19.0 Å². The minimum Gasteiger partial charge on any atom is -0.486 e. The Kier molecular flexibility index (Phi) is 3.44. The molecule has 0 aliphatic carbocycles. The van der Waals surface area contributed by atoms with Crippen LogP contribution in [0, 0.1) is 11.3 Å². The van der Waals surface area contributed by atoms with Gasteiger partial charge in [-0.25, -0.2) is 4.79 Å². The fourth-order valence-electron chi connectivity index (χ4n) is 1.93. The summed E-state index contributed by atoms with van der Waals surface area (Å²) in [6.45, 7) is 0.961. The highest BCUT2D eigenvalue weighted by Crippen LogP contribution is 2.31. The Bertz CT molecular complexity index is 716. The molecule has 0 amide bonds. The topological polar surface area (TPSA) is 68.5 Å². The molecule has 0 N–H and O–H groups in total. The van der Waals surface area contributed by atoms with Crippen molar-refractivity contribution in [1.82, 2.24) is 0 Å². The highest BCUT2D eigenvalue weighted by atomic mass is 16.6. The van der Waals surface area contributed by atoms with Gasteiger partial charge < -0.3 is 14.2 Å². The van der Waals surface area contributed by atoms with Crippen LogP contribution < -0.4 is 14.2 Å². The predicted octanol–water partition coefficient (Wildman–Crippen LogP) is 2.55. The molecular weight excluding hydrogens is 270 g/mol. The molecule has 0 atom stereocenters. The predicted molar refractivity (Wildman–Crippen MR) is 73.5 cm³/mol. The number of carbonyl (C=O) groups excluding carboxylic acids is 1. The number of nitrogens with zero attached hydrogens (tertiary/aromatic N) is 1. The van der Waals surface area contributed by atoms with E-state index >= 15 is 0 Å². The molecule has 2 aromatic rings. The molecule has 2 aromatic carbocycles. The third-order valence-electron chi connectivity index (χ3n) is 2.97. The maximum absolute atomic E-state index is 12.1. The van der Waals surface area contributed by atoms with E-state index in [0.29, 0.717) is 41.6 Å². The fraction of sp³-hybridized carbons (Fsp3) is 0.125. The Morgan fingerprint density at radius 3 is 2.48 bits per heavy atom. The molecule has 1 heterocycles. The normalized spacial score (nSPS) is 12.3. The molecule has 1 aliphatic rings. The van der Waals surface area contributed by atoms with Crippen molar-refractivity contribution in [2.45, 2.75) is 0 Å². The van der Waals surface area contributed by atoms with Crippen LogP contribution in [0.15, 0.2) is 42.5 Å². The van der Waals surface area contributed by atoms with Gasteiger partial charge in [-0.15, -0.1) is 0 Å². The van der Waals surface area contributed by atoms with Crippen LogP contribution in [-0.2, 0) is 0 Å². The van der Waals surface area contributed by atoms with E-state index in [1.165, 1.54) is 0 Å². The summed E-state index contributed by atoms with van der Waals surface area (Å²) in [6, 6.07) is 13.2. The fourth-order valence-corrected chi connectivity index (χ4v) is 1.93. The minimum absolute atomic E-state index is 0.378. The van der Waals surface area contributed by atoms with Gasteiger partial charge in [-0.2, -0.15) is 5.26 Å². The van der Waals surface area contributed by atoms with E-state index in [9.17, 15) is 4.79 Å². The average molecular weight is 281 g/mol. The number of carbonyl (C=O) groups is 1. The van der Waals surface area contributed by atoms with E-state index in [1.807, 2.05) is 6.07 Å². The SMILES string of the molecule is N#Cc1ccc(OC(=O)c2ccc3c(c2)OCCO3)cc1. The lowest BCUT2D eigenvalue weighted by Crippen LogP contribution is -2.16. The summed E-state index contributed by atoms with van der Waals surface area (Å²) in [5.74, 6) is 1.05. The average Bonchev–Trinajstić information content (AvgIpc) is 2.55. The largest absolute Gasteiger partial charge is 0.486 e. The third kappa shape index (κ3) is 2.79. The number of ether oxygens (including phenoxy) is 3. The lowest BCUT2D eigenvalue weighted by molar-refractivity contribution is 0.0733. The second-order valence-corrected chi connectivity index (χ2v) is 4.38. The number of esters is 1. The molecule has 104 valence electrons. The van der Waals surface area contributed by atoms with Crippen molar-refractivity contribution in [3.63, 3.8) is 0 Å². The number of nitriles is 1.